The molecule has 0 bridgehead atoms. The number of anilines is 1. The van der Waals surface area contributed by atoms with Gasteiger partial charge in [0.15, 0.2) is 0 Å². The summed E-state index contributed by atoms with van der Waals surface area (Å²) in [6, 6.07) is 11.3. The van der Waals surface area contributed by atoms with Gasteiger partial charge in [-0.25, -0.2) is 9.97 Å². The summed E-state index contributed by atoms with van der Waals surface area (Å²) < 4.78 is 7.94. The van der Waals surface area contributed by atoms with Crippen LogP contribution in [0.25, 0.3) is 0 Å². The number of aromatic nitrogens is 4. The van der Waals surface area contributed by atoms with Crippen molar-refractivity contribution < 1.29 is 14.6 Å². The Morgan fingerprint density at radius 2 is 1.94 bits per heavy atom. The predicted octanol–water partition coefficient (Wildman–Crippen LogP) is 6.38. The van der Waals surface area contributed by atoms with Gasteiger partial charge in [-0.05, 0) is 101 Å². The number of fused-ring (bicyclic) bond motifs is 1. The van der Waals surface area contributed by atoms with E-state index in [9.17, 15) is 9.90 Å². The number of ether oxygens (including phenoxy) is 1. The molecule has 1 saturated carbocycles. The van der Waals surface area contributed by atoms with Crippen molar-refractivity contribution in [2.75, 3.05) is 38.2 Å². The molecule has 0 amide bonds. The standard InChI is InChI=1S/C40H57N7O3/c1-3-34(29-11-13-30(14-12-29)39(48)49)41-23-37-43-35-16-15-31(28-9-6-5-7-10-28)21-33(35)38(45-37)44-36(32-22-42-47(4-2)24-32)25-46-19-8-17-40(26-46)18-20-50-27-40/h5-7,9-10,22,24,29-31,34,36,41H,3-4,8,11-21,23,25-27H2,1-2H3,(H,48,49)(H,43,44,45)/t29?,30?,31-,34-,36+,40-/m1/s1. The molecule has 3 aromatic rings. The molecule has 3 fully saturated rings. The zero-order chi connectivity index (χ0) is 34.5. The molecule has 4 atom stereocenters. The fourth-order valence-electron chi connectivity index (χ4n) is 9.33. The summed E-state index contributed by atoms with van der Waals surface area (Å²) in [6.45, 7) is 10.6. The number of rotatable bonds is 13. The van der Waals surface area contributed by atoms with Gasteiger partial charge in [0, 0.05) is 60.7 Å². The molecule has 3 N–H and O–H groups in total. The molecule has 0 radical (unpaired) electrons. The van der Waals surface area contributed by atoms with Crippen LogP contribution in [-0.2, 0) is 35.5 Å². The minimum Gasteiger partial charge on any atom is -0.481 e. The Labute approximate surface area is 297 Å². The number of nitrogens with zero attached hydrogens (tertiary/aromatic N) is 5. The first-order valence-electron chi connectivity index (χ1n) is 19.4. The fraction of sp³-hybridized carbons (Fsp3) is 0.650. The van der Waals surface area contributed by atoms with Crippen molar-refractivity contribution in [3.8, 4) is 0 Å². The second kappa shape index (κ2) is 15.9. The monoisotopic (exact) mass is 683 g/mol. The van der Waals surface area contributed by atoms with E-state index in [4.69, 9.17) is 19.8 Å². The fourth-order valence-corrected chi connectivity index (χ4v) is 9.33. The first kappa shape index (κ1) is 35.1. The largest absolute Gasteiger partial charge is 0.481 e. The van der Waals surface area contributed by atoms with Crippen LogP contribution in [0.2, 0.25) is 0 Å². The molecule has 10 heteroatoms. The van der Waals surface area contributed by atoms with E-state index in [0.717, 1.165) is 109 Å². The Morgan fingerprint density at radius 3 is 2.66 bits per heavy atom. The summed E-state index contributed by atoms with van der Waals surface area (Å²) in [5.41, 5.74) is 5.29. The lowest BCUT2D eigenvalue weighted by Crippen LogP contribution is -2.46. The van der Waals surface area contributed by atoms with Crippen LogP contribution >= 0.6 is 0 Å². The van der Waals surface area contributed by atoms with Gasteiger partial charge in [0.05, 0.1) is 31.3 Å². The third-order valence-corrected chi connectivity index (χ3v) is 12.3. The number of benzene rings is 1. The van der Waals surface area contributed by atoms with Crippen LogP contribution < -0.4 is 10.6 Å². The van der Waals surface area contributed by atoms with E-state index in [2.05, 4.69) is 65.9 Å². The third kappa shape index (κ3) is 8.08. The number of carbonyl (C=O) groups is 1. The van der Waals surface area contributed by atoms with Crippen molar-refractivity contribution >= 4 is 11.8 Å². The summed E-state index contributed by atoms with van der Waals surface area (Å²) in [5, 5.41) is 22.1. The number of likely N-dealkylation sites (tertiary alicyclic amines) is 1. The number of piperidine rings is 1. The number of hydrogen-bond donors (Lipinski definition) is 3. The number of nitrogens with one attached hydrogen (secondary N) is 2. The highest BCUT2D eigenvalue weighted by Gasteiger charge is 2.40. The summed E-state index contributed by atoms with van der Waals surface area (Å²) in [7, 11) is 0. The first-order valence-corrected chi connectivity index (χ1v) is 19.4. The maximum atomic E-state index is 11.6. The maximum Gasteiger partial charge on any atom is 0.306 e. The second-order valence-corrected chi connectivity index (χ2v) is 15.6. The van der Waals surface area contributed by atoms with E-state index in [-0.39, 0.29) is 17.4 Å². The molecule has 270 valence electrons. The Balaban J connectivity index is 1.15. The number of carboxylic acids is 1. The highest BCUT2D eigenvalue weighted by Crippen LogP contribution is 2.40. The predicted molar refractivity (Wildman–Crippen MR) is 195 cm³/mol. The molecule has 2 aromatic heterocycles. The second-order valence-electron chi connectivity index (χ2n) is 15.6. The first-order chi connectivity index (χ1) is 24.4. The van der Waals surface area contributed by atoms with Crippen molar-refractivity contribution in [3.05, 3.63) is 70.9 Å². The van der Waals surface area contributed by atoms with Gasteiger partial charge in [0.25, 0.3) is 0 Å². The lowest BCUT2D eigenvalue weighted by molar-refractivity contribution is -0.143. The minimum absolute atomic E-state index is 0.0393. The molecule has 7 rings (SSSR count). The number of carboxylic acid groups (broad SMARTS) is 1. The van der Waals surface area contributed by atoms with E-state index in [1.807, 2.05) is 10.9 Å². The van der Waals surface area contributed by atoms with E-state index in [1.165, 1.54) is 35.2 Å². The molecule has 2 aliphatic carbocycles. The van der Waals surface area contributed by atoms with Crippen molar-refractivity contribution in [3.63, 3.8) is 0 Å². The quantitative estimate of drug-likeness (QED) is 0.189. The highest BCUT2D eigenvalue weighted by atomic mass is 16.5. The summed E-state index contributed by atoms with van der Waals surface area (Å²) in [6.07, 6.45) is 15.2. The van der Waals surface area contributed by atoms with E-state index >= 15 is 0 Å². The lowest BCUT2D eigenvalue weighted by Gasteiger charge is -2.41. The molecular formula is C40H57N7O3. The van der Waals surface area contributed by atoms with Crippen molar-refractivity contribution in [2.45, 2.75) is 116 Å². The zero-order valence-corrected chi connectivity index (χ0v) is 30.2. The smallest absolute Gasteiger partial charge is 0.306 e. The zero-order valence-electron chi connectivity index (χ0n) is 30.2. The number of aryl methyl sites for hydroxylation is 2. The van der Waals surface area contributed by atoms with Gasteiger partial charge in [-0.2, -0.15) is 5.10 Å². The average molecular weight is 684 g/mol. The van der Waals surface area contributed by atoms with Gasteiger partial charge >= 0.3 is 5.97 Å². The van der Waals surface area contributed by atoms with Crippen LogP contribution in [0.1, 0.15) is 112 Å². The minimum atomic E-state index is -0.644. The maximum absolute atomic E-state index is 11.6. The van der Waals surface area contributed by atoms with Gasteiger partial charge < -0.3 is 25.4 Å². The number of aliphatic carboxylic acids is 1. The van der Waals surface area contributed by atoms with Gasteiger partial charge in [0.1, 0.15) is 11.6 Å². The molecular weight excluding hydrogens is 626 g/mol. The van der Waals surface area contributed by atoms with E-state index in [1.54, 1.807) is 0 Å². The molecule has 1 spiro atoms. The molecule has 0 unspecified atom stereocenters. The molecule has 2 aliphatic heterocycles. The Kier molecular flexibility index (Phi) is 11.2. The van der Waals surface area contributed by atoms with Gasteiger partial charge in [0.2, 0.25) is 0 Å². The van der Waals surface area contributed by atoms with Crippen LogP contribution in [0.4, 0.5) is 5.82 Å². The lowest BCUT2D eigenvalue weighted by atomic mass is 9.78. The van der Waals surface area contributed by atoms with Crippen molar-refractivity contribution in [1.29, 1.82) is 0 Å². The Morgan fingerprint density at radius 1 is 1.10 bits per heavy atom. The van der Waals surface area contributed by atoms with Crippen molar-refractivity contribution in [2.24, 2.45) is 17.3 Å². The van der Waals surface area contributed by atoms with Crippen LogP contribution in [0.5, 0.6) is 0 Å². The Bertz CT molecular complexity index is 1560. The molecule has 1 aromatic carbocycles. The normalized spacial score (nSPS) is 26.8. The van der Waals surface area contributed by atoms with E-state index < -0.39 is 5.97 Å². The van der Waals surface area contributed by atoms with Crippen LogP contribution in [0, 0.1) is 17.3 Å². The van der Waals surface area contributed by atoms with Gasteiger partial charge in [-0.15, -0.1) is 0 Å². The molecule has 4 aliphatic rings. The number of hydrogen-bond acceptors (Lipinski definition) is 8. The average Bonchev–Trinajstić information content (AvgIpc) is 3.82. The molecule has 50 heavy (non-hydrogen) atoms. The Hall–Kier alpha value is -3.34. The van der Waals surface area contributed by atoms with Crippen LogP contribution in [-0.4, -0.2) is 74.6 Å². The van der Waals surface area contributed by atoms with Gasteiger partial charge in [-0.3, -0.25) is 9.48 Å². The summed E-state index contributed by atoms with van der Waals surface area (Å²) in [4.78, 5) is 24.8. The molecule has 10 nitrogen and oxygen atoms in total. The molecule has 2 saturated heterocycles. The summed E-state index contributed by atoms with van der Waals surface area (Å²) >= 11 is 0. The van der Waals surface area contributed by atoms with Crippen molar-refractivity contribution in [1.82, 2.24) is 30.0 Å². The SMILES string of the molecule is CC[C@@H](NCc1nc2c(c(N[C@@H](CN3CCC[C@@]4(CCOC4)C3)c3cnn(CC)c3)n1)C[C@H](c1ccccc1)CC2)C1CCC(C(=O)O)CC1. The van der Waals surface area contributed by atoms with Gasteiger partial charge in [-0.1, -0.05) is 37.3 Å². The third-order valence-electron chi connectivity index (χ3n) is 12.3. The highest BCUT2D eigenvalue weighted by molar-refractivity contribution is 5.70. The van der Waals surface area contributed by atoms with Crippen LogP contribution in [0.3, 0.4) is 0 Å². The topological polar surface area (TPSA) is 117 Å². The molecule has 4 heterocycles. The van der Waals surface area contributed by atoms with E-state index in [0.29, 0.717) is 24.4 Å². The summed E-state index contributed by atoms with van der Waals surface area (Å²) in [5.74, 6) is 1.88. The van der Waals surface area contributed by atoms with Crippen LogP contribution in [0.15, 0.2) is 42.7 Å².